The highest BCUT2D eigenvalue weighted by molar-refractivity contribution is 6.30. The van der Waals surface area contributed by atoms with Crippen molar-refractivity contribution in [3.63, 3.8) is 0 Å². The molecular formula is C14H17ClN4. The molecule has 0 spiro atoms. The zero-order valence-corrected chi connectivity index (χ0v) is 12.0. The van der Waals surface area contributed by atoms with Crippen molar-refractivity contribution in [2.24, 2.45) is 11.8 Å². The molecule has 100 valence electrons. The molecule has 4 nitrogen and oxygen atoms in total. The van der Waals surface area contributed by atoms with Crippen LogP contribution in [-0.2, 0) is 0 Å². The van der Waals surface area contributed by atoms with E-state index in [1.165, 1.54) is 25.7 Å². The fourth-order valence-corrected chi connectivity index (χ4v) is 3.91. The highest BCUT2D eigenvalue weighted by atomic mass is 35.5. The van der Waals surface area contributed by atoms with E-state index in [1.54, 1.807) is 0 Å². The van der Waals surface area contributed by atoms with Crippen molar-refractivity contribution in [3.8, 4) is 0 Å². The summed E-state index contributed by atoms with van der Waals surface area (Å²) >= 11 is 6.21. The lowest BCUT2D eigenvalue weighted by Crippen LogP contribution is -2.02. The maximum Gasteiger partial charge on any atom is 0.181 e. The summed E-state index contributed by atoms with van der Waals surface area (Å²) in [6.07, 6.45) is 5.40. The van der Waals surface area contributed by atoms with Gasteiger partial charge in [-0.3, -0.25) is 0 Å². The minimum absolute atomic E-state index is 0.558. The number of fused-ring (bicyclic) bond motifs is 2. The van der Waals surface area contributed by atoms with Gasteiger partial charge in [-0.25, -0.2) is 0 Å². The summed E-state index contributed by atoms with van der Waals surface area (Å²) < 4.78 is 1.88. The Morgan fingerprint density at radius 2 is 1.74 bits per heavy atom. The minimum atomic E-state index is 0.558. The molecule has 0 amide bonds. The van der Waals surface area contributed by atoms with Crippen LogP contribution in [0, 0.1) is 25.7 Å². The fraction of sp³-hybridized carbons (Fsp3) is 0.643. The van der Waals surface area contributed by atoms with E-state index in [1.807, 2.05) is 18.4 Å². The lowest BCUT2D eigenvalue weighted by atomic mass is 10.0. The first kappa shape index (κ1) is 11.6. The van der Waals surface area contributed by atoms with Crippen LogP contribution < -0.4 is 0 Å². The van der Waals surface area contributed by atoms with Gasteiger partial charge >= 0.3 is 0 Å². The van der Waals surface area contributed by atoms with Gasteiger partial charge in [0.25, 0.3) is 0 Å². The molecular weight excluding hydrogens is 260 g/mol. The standard InChI is InChI=1S/C14H17ClN4/c1-7-8(2)13-16-17-14(19(13)18-12(7)15)11-9-5-3-4-6-10(9)11/h9-11H,3-6H2,1-2H3. The van der Waals surface area contributed by atoms with E-state index in [2.05, 4.69) is 15.3 Å². The van der Waals surface area contributed by atoms with Gasteiger partial charge in [0.05, 0.1) is 0 Å². The van der Waals surface area contributed by atoms with Gasteiger partial charge in [0.15, 0.2) is 16.6 Å². The Hall–Kier alpha value is -1.16. The van der Waals surface area contributed by atoms with E-state index in [-0.39, 0.29) is 0 Å². The molecule has 5 heteroatoms. The molecule has 2 aliphatic carbocycles. The van der Waals surface area contributed by atoms with Crippen molar-refractivity contribution in [2.45, 2.75) is 45.4 Å². The highest BCUT2D eigenvalue weighted by Gasteiger charge is 2.53. The van der Waals surface area contributed by atoms with Gasteiger partial charge in [0, 0.05) is 11.5 Å². The third-order valence-corrected chi connectivity index (χ3v) is 5.37. The molecule has 2 aliphatic rings. The van der Waals surface area contributed by atoms with Gasteiger partial charge in [-0.1, -0.05) is 24.4 Å². The predicted octanol–water partition coefficient (Wildman–Crippen LogP) is 3.30. The summed E-state index contributed by atoms with van der Waals surface area (Å²) in [7, 11) is 0. The number of rotatable bonds is 1. The van der Waals surface area contributed by atoms with Crippen LogP contribution >= 0.6 is 11.6 Å². The van der Waals surface area contributed by atoms with Gasteiger partial charge in [-0.15, -0.1) is 10.2 Å². The second kappa shape index (κ2) is 3.92. The van der Waals surface area contributed by atoms with Crippen LogP contribution in [0.25, 0.3) is 5.65 Å². The SMILES string of the molecule is Cc1c(Cl)nn2c(C3C4CCCCC43)nnc2c1C. The third kappa shape index (κ3) is 1.55. The molecule has 2 heterocycles. The lowest BCUT2D eigenvalue weighted by molar-refractivity contribution is 0.480. The smallest absolute Gasteiger partial charge is 0.181 e. The normalized spacial score (nSPS) is 29.5. The Bertz CT molecular complexity index is 651. The van der Waals surface area contributed by atoms with Crippen LogP contribution in [-0.4, -0.2) is 19.8 Å². The van der Waals surface area contributed by atoms with E-state index in [9.17, 15) is 0 Å². The molecule has 2 aromatic heterocycles. The van der Waals surface area contributed by atoms with Crippen molar-refractivity contribution in [2.75, 3.05) is 0 Å². The van der Waals surface area contributed by atoms with Gasteiger partial charge in [0.1, 0.15) is 0 Å². The Morgan fingerprint density at radius 1 is 1.05 bits per heavy atom. The monoisotopic (exact) mass is 276 g/mol. The van der Waals surface area contributed by atoms with E-state index < -0.39 is 0 Å². The Balaban J connectivity index is 1.84. The molecule has 2 atom stereocenters. The van der Waals surface area contributed by atoms with Crippen molar-refractivity contribution < 1.29 is 0 Å². The fourth-order valence-electron chi connectivity index (χ4n) is 3.69. The second-order valence-electron chi connectivity index (χ2n) is 5.97. The molecule has 2 fully saturated rings. The molecule has 0 aliphatic heterocycles. The van der Waals surface area contributed by atoms with E-state index in [0.717, 1.165) is 34.4 Å². The minimum Gasteiger partial charge on any atom is -0.195 e. The maximum absolute atomic E-state index is 6.21. The van der Waals surface area contributed by atoms with Gasteiger partial charge in [0.2, 0.25) is 0 Å². The number of aryl methyl sites for hydroxylation is 1. The van der Waals surface area contributed by atoms with Crippen molar-refractivity contribution in [3.05, 3.63) is 22.1 Å². The van der Waals surface area contributed by atoms with E-state index in [0.29, 0.717) is 11.1 Å². The maximum atomic E-state index is 6.21. The Morgan fingerprint density at radius 3 is 2.42 bits per heavy atom. The zero-order chi connectivity index (χ0) is 13.1. The second-order valence-corrected chi connectivity index (χ2v) is 6.33. The van der Waals surface area contributed by atoms with Crippen molar-refractivity contribution in [1.82, 2.24) is 19.8 Å². The number of aromatic nitrogens is 4. The molecule has 0 radical (unpaired) electrons. The Kier molecular flexibility index (Phi) is 2.40. The lowest BCUT2D eigenvalue weighted by Gasteiger charge is -2.04. The first-order valence-corrected chi connectivity index (χ1v) is 7.44. The van der Waals surface area contributed by atoms with Gasteiger partial charge in [-0.2, -0.15) is 9.61 Å². The van der Waals surface area contributed by atoms with E-state index >= 15 is 0 Å². The van der Waals surface area contributed by atoms with Crippen LogP contribution in [0.15, 0.2) is 0 Å². The largest absolute Gasteiger partial charge is 0.195 e. The molecule has 0 bridgehead atoms. The predicted molar refractivity (Wildman–Crippen MR) is 73.5 cm³/mol. The van der Waals surface area contributed by atoms with Crippen LogP contribution in [0.5, 0.6) is 0 Å². The first-order valence-electron chi connectivity index (χ1n) is 7.06. The van der Waals surface area contributed by atoms with Crippen molar-refractivity contribution >= 4 is 17.2 Å². The third-order valence-electron chi connectivity index (χ3n) is 5.01. The molecule has 0 saturated heterocycles. The molecule has 2 unspecified atom stereocenters. The molecule has 0 N–H and O–H groups in total. The summed E-state index contributed by atoms with van der Waals surface area (Å²) in [6.45, 7) is 4.02. The Labute approximate surface area is 117 Å². The number of hydrogen-bond acceptors (Lipinski definition) is 3. The highest BCUT2D eigenvalue weighted by Crippen LogP contribution is 2.60. The molecule has 2 saturated carbocycles. The van der Waals surface area contributed by atoms with Gasteiger partial charge in [-0.05, 0) is 44.1 Å². The summed E-state index contributed by atoms with van der Waals surface area (Å²) in [4.78, 5) is 0. The van der Waals surface area contributed by atoms with Crippen LogP contribution in [0.3, 0.4) is 0 Å². The van der Waals surface area contributed by atoms with Crippen LogP contribution in [0.2, 0.25) is 5.15 Å². The van der Waals surface area contributed by atoms with E-state index in [4.69, 9.17) is 11.6 Å². The summed E-state index contributed by atoms with van der Waals surface area (Å²) in [5, 5.41) is 13.8. The quantitative estimate of drug-likeness (QED) is 0.803. The van der Waals surface area contributed by atoms with Crippen LogP contribution in [0.4, 0.5) is 0 Å². The van der Waals surface area contributed by atoms with Crippen molar-refractivity contribution in [1.29, 1.82) is 0 Å². The molecule has 19 heavy (non-hydrogen) atoms. The first-order chi connectivity index (χ1) is 9.18. The topological polar surface area (TPSA) is 43.1 Å². The molecule has 0 aromatic carbocycles. The summed E-state index contributed by atoms with van der Waals surface area (Å²) in [5.41, 5.74) is 2.95. The number of nitrogens with zero attached hydrogens (tertiary/aromatic N) is 4. The summed E-state index contributed by atoms with van der Waals surface area (Å²) in [6, 6.07) is 0. The number of hydrogen-bond donors (Lipinski definition) is 0. The van der Waals surface area contributed by atoms with Gasteiger partial charge < -0.3 is 0 Å². The average Bonchev–Trinajstić information content (AvgIpc) is 3.00. The average molecular weight is 277 g/mol. The molecule has 2 aromatic rings. The molecule has 4 rings (SSSR count). The van der Waals surface area contributed by atoms with Crippen LogP contribution in [0.1, 0.15) is 48.6 Å². The zero-order valence-electron chi connectivity index (χ0n) is 11.2. The number of halogens is 1. The summed E-state index contributed by atoms with van der Waals surface area (Å²) in [5.74, 6) is 3.20.